The average molecular weight is 251 g/mol. The third-order valence-corrected chi connectivity index (χ3v) is 2.59. The molecule has 1 aromatic rings. The molecule has 0 saturated carbocycles. The van der Waals surface area contributed by atoms with Crippen LogP contribution in [0.1, 0.15) is 22.3 Å². The number of benzene rings is 1. The summed E-state index contributed by atoms with van der Waals surface area (Å²) in [5.74, 6) is -1.71. The molecule has 5 nitrogen and oxygen atoms in total. The number of amides is 1. The molecule has 0 spiro atoms. The van der Waals surface area contributed by atoms with E-state index in [0.717, 1.165) is 5.56 Å². The van der Waals surface area contributed by atoms with Gasteiger partial charge in [0.1, 0.15) is 0 Å². The second-order valence-electron chi connectivity index (χ2n) is 4.22. The Labute approximate surface area is 105 Å². The minimum absolute atomic E-state index is 0.148. The second kappa shape index (κ2) is 6.76. The molecule has 0 bridgehead atoms. The molecule has 0 fully saturated rings. The number of carboxylic acids is 1. The maximum absolute atomic E-state index is 11.7. The molecule has 0 aliphatic carbocycles. The summed E-state index contributed by atoms with van der Waals surface area (Å²) in [6.07, 6.45) is -0.162. The maximum atomic E-state index is 11.7. The van der Waals surface area contributed by atoms with Crippen molar-refractivity contribution in [2.75, 3.05) is 13.2 Å². The number of aliphatic hydroxyl groups is 1. The first-order valence-electron chi connectivity index (χ1n) is 5.70. The molecule has 0 aliphatic rings. The van der Waals surface area contributed by atoms with Crippen molar-refractivity contribution in [3.63, 3.8) is 0 Å². The minimum Gasteiger partial charge on any atom is -0.481 e. The molecule has 0 aliphatic heterocycles. The molecule has 0 radical (unpaired) electrons. The Morgan fingerprint density at radius 3 is 2.39 bits per heavy atom. The molecule has 1 aromatic carbocycles. The summed E-state index contributed by atoms with van der Waals surface area (Å²) >= 11 is 0. The van der Waals surface area contributed by atoms with E-state index in [0.29, 0.717) is 5.56 Å². The number of aliphatic carboxylic acids is 1. The zero-order chi connectivity index (χ0) is 13.5. The SMILES string of the molecule is Cc1ccc(C(=O)NCC(CO)CC(=O)O)cc1. The van der Waals surface area contributed by atoms with Gasteiger partial charge in [0.25, 0.3) is 5.91 Å². The largest absolute Gasteiger partial charge is 0.481 e. The summed E-state index contributed by atoms with van der Waals surface area (Å²) in [7, 11) is 0. The lowest BCUT2D eigenvalue weighted by atomic mass is 10.1. The normalized spacial score (nSPS) is 11.9. The number of aliphatic hydroxyl groups excluding tert-OH is 1. The fourth-order valence-electron chi connectivity index (χ4n) is 1.49. The lowest BCUT2D eigenvalue weighted by Gasteiger charge is -2.12. The predicted octanol–water partition coefficient (Wildman–Crippen LogP) is 0.808. The van der Waals surface area contributed by atoms with Gasteiger partial charge in [-0.15, -0.1) is 0 Å². The number of rotatable bonds is 6. The number of carbonyl (C=O) groups excluding carboxylic acids is 1. The monoisotopic (exact) mass is 251 g/mol. The quantitative estimate of drug-likeness (QED) is 0.698. The third kappa shape index (κ3) is 4.55. The van der Waals surface area contributed by atoms with E-state index in [1.54, 1.807) is 12.1 Å². The van der Waals surface area contributed by atoms with Gasteiger partial charge in [-0.05, 0) is 19.1 Å². The summed E-state index contributed by atoms with van der Waals surface area (Å²) in [6.45, 7) is 1.81. The van der Waals surface area contributed by atoms with Gasteiger partial charge in [-0.1, -0.05) is 17.7 Å². The average Bonchev–Trinajstić information content (AvgIpc) is 2.34. The zero-order valence-electron chi connectivity index (χ0n) is 10.2. The fraction of sp³-hybridized carbons (Fsp3) is 0.385. The predicted molar refractivity (Wildman–Crippen MR) is 66.3 cm³/mol. The van der Waals surface area contributed by atoms with Crippen LogP contribution in [-0.4, -0.2) is 35.2 Å². The van der Waals surface area contributed by atoms with Crippen molar-refractivity contribution in [2.45, 2.75) is 13.3 Å². The maximum Gasteiger partial charge on any atom is 0.303 e. The molecule has 0 saturated heterocycles. The summed E-state index contributed by atoms with van der Waals surface area (Å²) < 4.78 is 0. The molecule has 1 atom stereocenters. The second-order valence-corrected chi connectivity index (χ2v) is 4.22. The van der Waals surface area contributed by atoms with Gasteiger partial charge in [0.05, 0.1) is 6.42 Å². The van der Waals surface area contributed by atoms with Gasteiger partial charge in [0.2, 0.25) is 0 Å². The van der Waals surface area contributed by atoms with Crippen molar-refractivity contribution in [3.05, 3.63) is 35.4 Å². The highest BCUT2D eigenvalue weighted by molar-refractivity contribution is 5.94. The number of hydrogen-bond donors (Lipinski definition) is 3. The van der Waals surface area contributed by atoms with E-state index in [9.17, 15) is 9.59 Å². The summed E-state index contributed by atoms with van der Waals surface area (Å²) in [5.41, 5.74) is 1.58. The molecular formula is C13H17NO4. The van der Waals surface area contributed by atoms with Gasteiger partial charge in [-0.2, -0.15) is 0 Å². The minimum atomic E-state index is -0.987. The molecule has 1 unspecified atom stereocenters. The van der Waals surface area contributed by atoms with Crippen LogP contribution in [-0.2, 0) is 4.79 Å². The van der Waals surface area contributed by atoms with E-state index in [-0.39, 0.29) is 25.5 Å². The summed E-state index contributed by atoms with van der Waals surface area (Å²) in [5, 5.41) is 20.2. The van der Waals surface area contributed by atoms with E-state index in [4.69, 9.17) is 10.2 Å². The molecule has 3 N–H and O–H groups in total. The number of carbonyl (C=O) groups is 2. The van der Waals surface area contributed by atoms with E-state index < -0.39 is 11.9 Å². The van der Waals surface area contributed by atoms with E-state index in [1.165, 1.54) is 0 Å². The van der Waals surface area contributed by atoms with Crippen LogP contribution in [0.4, 0.5) is 0 Å². The van der Waals surface area contributed by atoms with Gasteiger partial charge in [-0.25, -0.2) is 0 Å². The van der Waals surface area contributed by atoms with Crippen LogP contribution in [0.25, 0.3) is 0 Å². The van der Waals surface area contributed by atoms with Crippen LogP contribution in [0, 0.1) is 12.8 Å². The number of aryl methyl sites for hydroxylation is 1. The highest BCUT2D eigenvalue weighted by Crippen LogP contribution is 2.04. The van der Waals surface area contributed by atoms with Crippen molar-refractivity contribution >= 4 is 11.9 Å². The van der Waals surface area contributed by atoms with Crippen LogP contribution < -0.4 is 5.32 Å². The van der Waals surface area contributed by atoms with Crippen molar-refractivity contribution in [2.24, 2.45) is 5.92 Å². The first-order chi connectivity index (χ1) is 8.52. The number of hydrogen-bond acceptors (Lipinski definition) is 3. The lowest BCUT2D eigenvalue weighted by molar-refractivity contribution is -0.138. The van der Waals surface area contributed by atoms with Gasteiger partial charge >= 0.3 is 5.97 Å². The van der Waals surface area contributed by atoms with Crippen molar-refractivity contribution in [3.8, 4) is 0 Å². The Morgan fingerprint density at radius 2 is 1.89 bits per heavy atom. The molecule has 0 heterocycles. The standard InChI is InChI=1S/C13H17NO4/c1-9-2-4-11(5-3-9)13(18)14-7-10(8-15)6-12(16)17/h2-5,10,15H,6-8H2,1H3,(H,14,18)(H,16,17). The van der Waals surface area contributed by atoms with Crippen molar-refractivity contribution < 1.29 is 19.8 Å². The Bertz CT molecular complexity index is 414. The highest BCUT2D eigenvalue weighted by atomic mass is 16.4. The molecule has 98 valence electrons. The van der Waals surface area contributed by atoms with Crippen LogP contribution in [0.5, 0.6) is 0 Å². The molecule has 1 amide bonds. The number of nitrogens with one attached hydrogen (secondary N) is 1. The van der Waals surface area contributed by atoms with Crippen LogP contribution in [0.3, 0.4) is 0 Å². The lowest BCUT2D eigenvalue weighted by Crippen LogP contribution is -2.31. The Hall–Kier alpha value is -1.88. The smallest absolute Gasteiger partial charge is 0.303 e. The molecular weight excluding hydrogens is 234 g/mol. The first kappa shape index (κ1) is 14.2. The molecule has 0 aromatic heterocycles. The van der Waals surface area contributed by atoms with E-state index in [1.807, 2.05) is 19.1 Å². The Kier molecular flexibility index (Phi) is 5.32. The Morgan fingerprint density at radius 1 is 1.28 bits per heavy atom. The van der Waals surface area contributed by atoms with Crippen molar-refractivity contribution in [1.82, 2.24) is 5.32 Å². The van der Waals surface area contributed by atoms with Crippen LogP contribution in [0.15, 0.2) is 24.3 Å². The molecule has 5 heteroatoms. The topological polar surface area (TPSA) is 86.6 Å². The summed E-state index contributed by atoms with van der Waals surface area (Å²) in [4.78, 5) is 22.2. The van der Waals surface area contributed by atoms with Gasteiger partial charge < -0.3 is 15.5 Å². The number of carboxylic acid groups (broad SMARTS) is 1. The van der Waals surface area contributed by atoms with E-state index in [2.05, 4.69) is 5.32 Å². The first-order valence-corrected chi connectivity index (χ1v) is 5.70. The third-order valence-electron chi connectivity index (χ3n) is 2.59. The Balaban J connectivity index is 2.49. The molecule has 18 heavy (non-hydrogen) atoms. The van der Waals surface area contributed by atoms with Crippen LogP contribution >= 0.6 is 0 Å². The molecule has 1 rings (SSSR count). The zero-order valence-corrected chi connectivity index (χ0v) is 10.2. The van der Waals surface area contributed by atoms with Crippen LogP contribution in [0.2, 0.25) is 0 Å². The summed E-state index contributed by atoms with van der Waals surface area (Å²) in [6, 6.07) is 7.07. The highest BCUT2D eigenvalue weighted by Gasteiger charge is 2.14. The van der Waals surface area contributed by atoms with E-state index >= 15 is 0 Å². The van der Waals surface area contributed by atoms with Gasteiger partial charge in [0, 0.05) is 24.6 Å². The van der Waals surface area contributed by atoms with Gasteiger partial charge in [-0.3, -0.25) is 9.59 Å². The van der Waals surface area contributed by atoms with Gasteiger partial charge in [0.15, 0.2) is 0 Å². The van der Waals surface area contributed by atoms with Crippen molar-refractivity contribution in [1.29, 1.82) is 0 Å². The fourth-order valence-corrected chi connectivity index (χ4v) is 1.49.